The van der Waals surface area contributed by atoms with E-state index in [1.54, 1.807) is 7.11 Å². The third-order valence-electron chi connectivity index (χ3n) is 5.25. The monoisotopic (exact) mass is 502 g/mol. The van der Waals surface area contributed by atoms with E-state index >= 15 is 0 Å². The molecule has 1 heterocycles. The van der Waals surface area contributed by atoms with Crippen LogP contribution in [0.15, 0.2) is 84.9 Å². The van der Waals surface area contributed by atoms with Crippen molar-refractivity contribution in [1.29, 1.82) is 0 Å². The number of carbonyl (C=O) groups is 2. The van der Waals surface area contributed by atoms with Crippen LogP contribution in [0.25, 0.3) is 10.6 Å². The highest BCUT2D eigenvalue weighted by Crippen LogP contribution is 2.28. The molecule has 4 aromatic rings. The van der Waals surface area contributed by atoms with Gasteiger partial charge in [-0.25, -0.2) is 0 Å². The van der Waals surface area contributed by atoms with Crippen LogP contribution in [0.1, 0.15) is 11.1 Å². The molecule has 0 aliphatic carbocycles. The van der Waals surface area contributed by atoms with Crippen molar-refractivity contribution in [3.05, 3.63) is 96.1 Å². The Balaban J connectivity index is 1.40. The lowest BCUT2D eigenvalue weighted by atomic mass is 10.1. The smallest absolute Gasteiger partial charge is 0.249 e. The number of nitrogens with one attached hydrogen (secondary N) is 2. The fourth-order valence-corrected chi connectivity index (χ4v) is 4.21. The lowest BCUT2D eigenvalue weighted by Gasteiger charge is -2.18. The molecular formula is C27H26N4O4S. The first kappa shape index (κ1) is 25.0. The van der Waals surface area contributed by atoms with E-state index in [0.29, 0.717) is 28.9 Å². The molecule has 0 fully saturated rings. The predicted octanol–water partition coefficient (Wildman–Crippen LogP) is 4.10. The Morgan fingerprint density at radius 2 is 1.64 bits per heavy atom. The molecule has 2 amide bonds. The molecule has 9 heteroatoms. The summed E-state index contributed by atoms with van der Waals surface area (Å²) in [5, 5.41) is 14.8. The Kier molecular flexibility index (Phi) is 8.74. The van der Waals surface area contributed by atoms with Crippen LogP contribution >= 0.6 is 11.3 Å². The number of anilines is 1. The maximum atomic E-state index is 13.1. The molecule has 1 aromatic heterocycles. The zero-order chi connectivity index (χ0) is 25.2. The number of hydrogen-bond donors (Lipinski definition) is 2. The Hall–Kier alpha value is -4.08. The standard InChI is InChI=1S/C27H26N4O4S/c1-34-22-14-8-13-21(16-22)26-30-31-27(36-26)29-25(33)23(15-19-9-4-2-5-10-19)28-24(32)18-35-17-20-11-6-3-7-12-20/h2-14,16,23H,15,17-18H2,1H3,(H,28,32)(H,29,31,33). The number of hydrogen-bond acceptors (Lipinski definition) is 7. The molecular weight excluding hydrogens is 476 g/mol. The molecule has 3 aromatic carbocycles. The molecule has 36 heavy (non-hydrogen) atoms. The van der Waals surface area contributed by atoms with Gasteiger partial charge < -0.3 is 14.8 Å². The second-order valence-electron chi connectivity index (χ2n) is 7.92. The summed E-state index contributed by atoms with van der Waals surface area (Å²) < 4.78 is 10.8. The number of methoxy groups -OCH3 is 1. The minimum atomic E-state index is -0.815. The lowest BCUT2D eigenvalue weighted by Crippen LogP contribution is -2.46. The molecule has 1 atom stereocenters. The van der Waals surface area contributed by atoms with Crippen molar-refractivity contribution >= 4 is 28.3 Å². The van der Waals surface area contributed by atoms with Crippen LogP contribution in [0.2, 0.25) is 0 Å². The van der Waals surface area contributed by atoms with Gasteiger partial charge in [0.15, 0.2) is 0 Å². The fourth-order valence-electron chi connectivity index (χ4n) is 3.47. The Morgan fingerprint density at radius 1 is 0.917 bits per heavy atom. The van der Waals surface area contributed by atoms with E-state index in [0.717, 1.165) is 16.7 Å². The zero-order valence-corrected chi connectivity index (χ0v) is 20.5. The maximum absolute atomic E-state index is 13.1. The van der Waals surface area contributed by atoms with Crippen molar-refractivity contribution in [2.75, 3.05) is 19.0 Å². The molecule has 0 aliphatic heterocycles. The molecule has 0 bridgehead atoms. The van der Waals surface area contributed by atoms with E-state index < -0.39 is 6.04 Å². The first-order valence-electron chi connectivity index (χ1n) is 11.3. The van der Waals surface area contributed by atoms with Gasteiger partial charge >= 0.3 is 0 Å². The number of aromatic nitrogens is 2. The maximum Gasteiger partial charge on any atom is 0.249 e. The summed E-state index contributed by atoms with van der Waals surface area (Å²) in [6.45, 7) is 0.147. The number of carbonyl (C=O) groups excluding carboxylic acids is 2. The highest BCUT2D eigenvalue weighted by Gasteiger charge is 2.23. The summed E-state index contributed by atoms with van der Waals surface area (Å²) in [7, 11) is 1.60. The SMILES string of the molecule is COc1cccc(-c2nnc(NC(=O)C(Cc3ccccc3)NC(=O)COCc3ccccc3)s2)c1. The number of rotatable bonds is 11. The normalized spacial score (nSPS) is 11.5. The predicted molar refractivity (Wildman–Crippen MR) is 139 cm³/mol. The van der Waals surface area contributed by atoms with E-state index in [1.165, 1.54) is 11.3 Å². The molecule has 1 unspecified atom stereocenters. The van der Waals surface area contributed by atoms with Crippen molar-refractivity contribution in [3.8, 4) is 16.3 Å². The van der Waals surface area contributed by atoms with Gasteiger partial charge in [-0.2, -0.15) is 0 Å². The summed E-state index contributed by atoms with van der Waals surface area (Å²) in [6.07, 6.45) is 0.318. The average Bonchev–Trinajstić information content (AvgIpc) is 3.38. The van der Waals surface area contributed by atoms with Crippen LogP contribution in [0.4, 0.5) is 5.13 Å². The van der Waals surface area contributed by atoms with E-state index in [-0.39, 0.29) is 18.4 Å². The summed E-state index contributed by atoms with van der Waals surface area (Å²) in [5.74, 6) is -0.0617. The number of nitrogens with zero attached hydrogens (tertiary/aromatic N) is 2. The first-order valence-corrected chi connectivity index (χ1v) is 12.2. The molecule has 0 radical (unpaired) electrons. The lowest BCUT2D eigenvalue weighted by molar-refractivity contribution is -0.130. The summed E-state index contributed by atoms with van der Waals surface area (Å²) in [6, 6.07) is 25.7. The van der Waals surface area contributed by atoms with Crippen LogP contribution in [0.3, 0.4) is 0 Å². The summed E-state index contributed by atoms with van der Waals surface area (Å²) in [5.41, 5.74) is 2.71. The van der Waals surface area contributed by atoms with Crippen LogP contribution in [-0.4, -0.2) is 41.8 Å². The number of benzene rings is 3. The van der Waals surface area contributed by atoms with Gasteiger partial charge in [-0.1, -0.05) is 84.1 Å². The van der Waals surface area contributed by atoms with Crippen LogP contribution in [0, 0.1) is 0 Å². The van der Waals surface area contributed by atoms with Crippen LogP contribution in [-0.2, 0) is 27.4 Å². The van der Waals surface area contributed by atoms with Crippen molar-refractivity contribution in [3.63, 3.8) is 0 Å². The molecule has 0 spiro atoms. The Morgan fingerprint density at radius 3 is 2.36 bits per heavy atom. The van der Waals surface area contributed by atoms with Crippen molar-refractivity contribution in [1.82, 2.24) is 15.5 Å². The van der Waals surface area contributed by atoms with Gasteiger partial charge in [0.25, 0.3) is 0 Å². The molecule has 8 nitrogen and oxygen atoms in total. The van der Waals surface area contributed by atoms with Crippen molar-refractivity contribution in [2.45, 2.75) is 19.1 Å². The topological polar surface area (TPSA) is 102 Å². The van der Waals surface area contributed by atoms with E-state index in [2.05, 4.69) is 20.8 Å². The third kappa shape index (κ3) is 7.21. The van der Waals surface area contributed by atoms with E-state index in [1.807, 2.05) is 84.9 Å². The molecule has 0 aliphatic rings. The average molecular weight is 503 g/mol. The number of amides is 2. The highest BCUT2D eigenvalue weighted by atomic mass is 32.1. The second kappa shape index (κ2) is 12.6. The molecule has 184 valence electrons. The van der Waals surface area contributed by atoms with Gasteiger partial charge in [0.05, 0.1) is 13.7 Å². The minimum absolute atomic E-state index is 0.160. The Labute approximate surface area is 213 Å². The van der Waals surface area contributed by atoms with E-state index in [9.17, 15) is 9.59 Å². The highest BCUT2D eigenvalue weighted by molar-refractivity contribution is 7.18. The summed E-state index contributed by atoms with van der Waals surface area (Å²) >= 11 is 1.24. The van der Waals surface area contributed by atoms with Gasteiger partial charge in [0.2, 0.25) is 16.9 Å². The van der Waals surface area contributed by atoms with Crippen LogP contribution < -0.4 is 15.4 Å². The molecule has 0 saturated carbocycles. The Bertz CT molecular complexity index is 1280. The van der Waals surface area contributed by atoms with Crippen molar-refractivity contribution < 1.29 is 19.1 Å². The molecule has 4 rings (SSSR count). The third-order valence-corrected chi connectivity index (χ3v) is 6.14. The van der Waals surface area contributed by atoms with Crippen LogP contribution in [0.5, 0.6) is 5.75 Å². The second-order valence-corrected chi connectivity index (χ2v) is 8.90. The quantitative estimate of drug-likeness (QED) is 0.320. The van der Waals surface area contributed by atoms with Gasteiger partial charge in [-0.15, -0.1) is 10.2 Å². The minimum Gasteiger partial charge on any atom is -0.497 e. The van der Waals surface area contributed by atoms with Gasteiger partial charge in [0, 0.05) is 12.0 Å². The van der Waals surface area contributed by atoms with Gasteiger partial charge in [0.1, 0.15) is 23.4 Å². The largest absolute Gasteiger partial charge is 0.497 e. The van der Waals surface area contributed by atoms with E-state index in [4.69, 9.17) is 9.47 Å². The van der Waals surface area contributed by atoms with Gasteiger partial charge in [-0.05, 0) is 23.3 Å². The number of ether oxygens (including phenoxy) is 2. The van der Waals surface area contributed by atoms with Crippen molar-refractivity contribution in [2.24, 2.45) is 0 Å². The molecule has 0 saturated heterocycles. The summed E-state index contributed by atoms with van der Waals surface area (Å²) in [4.78, 5) is 25.7. The first-order chi connectivity index (χ1) is 17.6. The fraction of sp³-hybridized carbons (Fsp3) is 0.185. The zero-order valence-electron chi connectivity index (χ0n) is 19.7. The molecule has 2 N–H and O–H groups in total. The van der Waals surface area contributed by atoms with Gasteiger partial charge in [-0.3, -0.25) is 14.9 Å².